The summed E-state index contributed by atoms with van der Waals surface area (Å²) < 4.78 is 0. The number of nitro groups is 1. The van der Waals surface area contributed by atoms with Crippen molar-refractivity contribution in [1.82, 2.24) is 10.6 Å². The molecule has 0 aliphatic heterocycles. The zero-order valence-corrected chi connectivity index (χ0v) is 10.8. The topological polar surface area (TPSA) is 122 Å². The summed E-state index contributed by atoms with van der Waals surface area (Å²) in [7, 11) is 0. The van der Waals surface area contributed by atoms with Gasteiger partial charge in [0.1, 0.15) is 6.04 Å². The van der Waals surface area contributed by atoms with Gasteiger partial charge < -0.3 is 15.7 Å². The number of non-ortho nitro benzene ring substituents is 1. The van der Waals surface area contributed by atoms with Gasteiger partial charge in [0.2, 0.25) is 0 Å². The first kappa shape index (κ1) is 15.4. The molecule has 108 valence electrons. The van der Waals surface area contributed by atoms with Gasteiger partial charge >= 0.3 is 12.0 Å². The van der Waals surface area contributed by atoms with E-state index in [1.54, 1.807) is 13.0 Å². The number of aliphatic carboxylic acids is 1. The van der Waals surface area contributed by atoms with Gasteiger partial charge in [-0.15, -0.1) is 0 Å². The van der Waals surface area contributed by atoms with Crippen molar-refractivity contribution in [3.63, 3.8) is 0 Å². The Hall–Kier alpha value is -2.64. The number of rotatable bonds is 6. The SMILES string of the molecule is CCC(NC(=O)NCc1cccc([N+](=O)[O-])c1)C(=O)O. The second-order valence-corrected chi connectivity index (χ2v) is 4.05. The summed E-state index contributed by atoms with van der Waals surface area (Å²) in [4.78, 5) is 32.3. The number of amides is 2. The maximum atomic E-state index is 11.5. The van der Waals surface area contributed by atoms with Gasteiger partial charge in [0, 0.05) is 18.7 Å². The van der Waals surface area contributed by atoms with Gasteiger partial charge in [0.05, 0.1) is 4.92 Å². The minimum atomic E-state index is -1.11. The van der Waals surface area contributed by atoms with E-state index in [2.05, 4.69) is 10.6 Å². The number of benzene rings is 1. The van der Waals surface area contributed by atoms with Gasteiger partial charge in [0.15, 0.2) is 0 Å². The van der Waals surface area contributed by atoms with Crippen LogP contribution in [0.1, 0.15) is 18.9 Å². The van der Waals surface area contributed by atoms with Crippen LogP contribution in [0.15, 0.2) is 24.3 Å². The summed E-state index contributed by atoms with van der Waals surface area (Å²) in [6.07, 6.45) is 0.263. The summed E-state index contributed by atoms with van der Waals surface area (Å²) in [5.41, 5.74) is 0.486. The van der Waals surface area contributed by atoms with Crippen LogP contribution in [0, 0.1) is 10.1 Å². The number of carbonyl (C=O) groups excluding carboxylic acids is 1. The Labute approximate surface area is 114 Å². The summed E-state index contributed by atoms with van der Waals surface area (Å²) in [6, 6.07) is 4.24. The molecule has 20 heavy (non-hydrogen) atoms. The normalized spacial score (nSPS) is 11.4. The third-order valence-electron chi connectivity index (χ3n) is 2.59. The molecular formula is C12H15N3O5. The molecule has 1 unspecified atom stereocenters. The molecule has 0 fully saturated rings. The van der Waals surface area contributed by atoms with E-state index < -0.39 is 23.0 Å². The fourth-order valence-corrected chi connectivity index (χ4v) is 1.51. The molecular weight excluding hydrogens is 266 g/mol. The Balaban J connectivity index is 2.54. The van der Waals surface area contributed by atoms with Crippen molar-refractivity contribution in [2.75, 3.05) is 0 Å². The van der Waals surface area contributed by atoms with Crippen LogP contribution in [0.25, 0.3) is 0 Å². The molecule has 0 aromatic heterocycles. The molecule has 0 saturated heterocycles. The highest BCUT2D eigenvalue weighted by molar-refractivity contribution is 5.82. The van der Waals surface area contributed by atoms with E-state index in [-0.39, 0.29) is 18.7 Å². The molecule has 0 saturated carbocycles. The van der Waals surface area contributed by atoms with E-state index in [1.165, 1.54) is 18.2 Å². The van der Waals surface area contributed by atoms with Crippen molar-refractivity contribution in [1.29, 1.82) is 0 Å². The highest BCUT2D eigenvalue weighted by Crippen LogP contribution is 2.12. The molecule has 0 spiro atoms. The van der Waals surface area contributed by atoms with Crippen LogP contribution >= 0.6 is 0 Å². The van der Waals surface area contributed by atoms with Crippen LogP contribution in [0.4, 0.5) is 10.5 Å². The zero-order valence-electron chi connectivity index (χ0n) is 10.8. The molecule has 0 radical (unpaired) electrons. The Kier molecular flexibility index (Phi) is 5.45. The number of carboxylic acids is 1. The van der Waals surface area contributed by atoms with E-state index >= 15 is 0 Å². The molecule has 0 aliphatic carbocycles. The molecule has 0 aliphatic rings. The molecule has 1 aromatic carbocycles. The molecule has 8 heteroatoms. The average molecular weight is 281 g/mol. The van der Waals surface area contributed by atoms with Crippen LogP contribution in [-0.2, 0) is 11.3 Å². The number of nitrogens with one attached hydrogen (secondary N) is 2. The van der Waals surface area contributed by atoms with Gasteiger partial charge in [0.25, 0.3) is 5.69 Å². The minimum Gasteiger partial charge on any atom is -0.480 e. The first-order valence-corrected chi connectivity index (χ1v) is 5.94. The quantitative estimate of drug-likeness (QED) is 0.535. The predicted molar refractivity (Wildman–Crippen MR) is 70.2 cm³/mol. The first-order valence-electron chi connectivity index (χ1n) is 5.94. The molecule has 1 atom stereocenters. The number of nitrogens with zero attached hydrogens (tertiary/aromatic N) is 1. The highest BCUT2D eigenvalue weighted by atomic mass is 16.6. The second-order valence-electron chi connectivity index (χ2n) is 4.05. The standard InChI is InChI=1S/C12H15N3O5/c1-2-10(11(16)17)14-12(18)13-7-8-4-3-5-9(6-8)15(19)20/h3-6,10H,2,7H2,1H3,(H,16,17)(H2,13,14,18). The molecule has 1 rings (SSSR count). The predicted octanol–water partition coefficient (Wildman–Crippen LogP) is 1.26. The monoisotopic (exact) mass is 281 g/mol. The Morgan fingerprint density at radius 1 is 1.45 bits per heavy atom. The van der Waals surface area contributed by atoms with Crippen molar-refractivity contribution < 1.29 is 19.6 Å². The molecule has 3 N–H and O–H groups in total. The first-order chi connectivity index (χ1) is 9.43. The van der Waals surface area contributed by atoms with Crippen LogP contribution in [-0.4, -0.2) is 28.1 Å². The van der Waals surface area contributed by atoms with Gasteiger partial charge in [-0.2, -0.15) is 0 Å². The van der Waals surface area contributed by atoms with Crippen molar-refractivity contribution in [3.8, 4) is 0 Å². The average Bonchev–Trinajstić information content (AvgIpc) is 2.42. The van der Waals surface area contributed by atoms with Crippen LogP contribution in [0.2, 0.25) is 0 Å². The largest absolute Gasteiger partial charge is 0.480 e. The highest BCUT2D eigenvalue weighted by Gasteiger charge is 2.17. The van der Waals surface area contributed by atoms with Crippen molar-refractivity contribution in [2.45, 2.75) is 25.9 Å². The van der Waals surface area contributed by atoms with Crippen LogP contribution in [0.3, 0.4) is 0 Å². The third kappa shape index (κ3) is 4.56. The lowest BCUT2D eigenvalue weighted by Gasteiger charge is -2.13. The van der Waals surface area contributed by atoms with Gasteiger partial charge in [-0.05, 0) is 12.0 Å². The number of carbonyl (C=O) groups is 2. The van der Waals surface area contributed by atoms with E-state index in [4.69, 9.17) is 5.11 Å². The van der Waals surface area contributed by atoms with Crippen LogP contribution in [0.5, 0.6) is 0 Å². The number of carboxylic acid groups (broad SMARTS) is 1. The fraction of sp³-hybridized carbons (Fsp3) is 0.333. The smallest absolute Gasteiger partial charge is 0.326 e. The van der Waals surface area contributed by atoms with Gasteiger partial charge in [-0.3, -0.25) is 10.1 Å². The van der Waals surface area contributed by atoms with Crippen molar-refractivity contribution >= 4 is 17.7 Å². The third-order valence-corrected chi connectivity index (χ3v) is 2.59. The van der Waals surface area contributed by atoms with Crippen molar-refractivity contribution in [3.05, 3.63) is 39.9 Å². The minimum absolute atomic E-state index is 0.0679. The van der Waals surface area contributed by atoms with E-state index in [0.29, 0.717) is 5.56 Å². The van der Waals surface area contributed by atoms with Gasteiger partial charge in [-0.1, -0.05) is 19.1 Å². The lowest BCUT2D eigenvalue weighted by molar-refractivity contribution is -0.384. The van der Waals surface area contributed by atoms with Crippen LogP contribution < -0.4 is 10.6 Å². The van der Waals surface area contributed by atoms with E-state index in [9.17, 15) is 19.7 Å². The van der Waals surface area contributed by atoms with E-state index in [0.717, 1.165) is 0 Å². The number of urea groups is 1. The number of nitro benzene ring substituents is 1. The summed E-state index contributed by atoms with van der Waals surface area (Å²) in [5.74, 6) is -1.11. The van der Waals surface area contributed by atoms with Crippen molar-refractivity contribution in [2.24, 2.45) is 0 Å². The summed E-state index contributed by atoms with van der Waals surface area (Å²) >= 11 is 0. The molecule has 0 bridgehead atoms. The molecule has 8 nitrogen and oxygen atoms in total. The maximum absolute atomic E-state index is 11.5. The Morgan fingerprint density at radius 2 is 2.15 bits per heavy atom. The summed E-state index contributed by atoms with van der Waals surface area (Å²) in [5, 5.41) is 24.1. The molecule has 1 aromatic rings. The number of hydrogen-bond acceptors (Lipinski definition) is 4. The molecule has 0 heterocycles. The Morgan fingerprint density at radius 3 is 2.70 bits per heavy atom. The Bertz CT molecular complexity index is 518. The maximum Gasteiger partial charge on any atom is 0.326 e. The lowest BCUT2D eigenvalue weighted by Crippen LogP contribution is -2.45. The number of hydrogen-bond donors (Lipinski definition) is 3. The zero-order chi connectivity index (χ0) is 15.1. The second kappa shape index (κ2) is 7.07. The van der Waals surface area contributed by atoms with Gasteiger partial charge in [-0.25, -0.2) is 9.59 Å². The van der Waals surface area contributed by atoms with E-state index in [1.807, 2.05) is 0 Å². The summed E-state index contributed by atoms with van der Waals surface area (Å²) in [6.45, 7) is 1.71. The molecule has 2 amide bonds. The lowest BCUT2D eigenvalue weighted by atomic mass is 10.2. The fourth-order valence-electron chi connectivity index (χ4n) is 1.51.